The number of carboxylic acids is 1. The molecule has 0 bridgehead atoms. The molecule has 0 saturated heterocycles. The van der Waals surface area contributed by atoms with Gasteiger partial charge in [0.05, 0.1) is 13.2 Å². The maximum absolute atomic E-state index is 11.6. The number of carbonyl (C=O) groups is 2. The number of amides is 1. The Morgan fingerprint density at radius 3 is 2.68 bits per heavy atom. The van der Waals surface area contributed by atoms with Crippen molar-refractivity contribution in [1.82, 2.24) is 0 Å². The third-order valence-electron chi connectivity index (χ3n) is 2.45. The van der Waals surface area contributed by atoms with E-state index in [4.69, 9.17) is 15.6 Å². The highest BCUT2D eigenvalue weighted by atomic mass is 16.5. The molecule has 0 spiro atoms. The van der Waals surface area contributed by atoms with Gasteiger partial charge in [-0.15, -0.1) is 0 Å². The summed E-state index contributed by atoms with van der Waals surface area (Å²) in [5, 5.41) is 20.5. The molecule has 0 aliphatic heterocycles. The van der Waals surface area contributed by atoms with Crippen molar-refractivity contribution in [1.29, 1.82) is 0 Å². The highest BCUT2D eigenvalue weighted by Crippen LogP contribution is 2.28. The SMILES string of the molecule is COc1ccc(NC(=O)C(N)CCC(=O)O)cc1O. The van der Waals surface area contributed by atoms with E-state index in [-0.39, 0.29) is 24.3 Å². The van der Waals surface area contributed by atoms with Crippen LogP contribution in [0.5, 0.6) is 11.5 Å². The Morgan fingerprint density at radius 2 is 2.16 bits per heavy atom. The number of anilines is 1. The van der Waals surface area contributed by atoms with Crippen molar-refractivity contribution in [3.8, 4) is 11.5 Å². The van der Waals surface area contributed by atoms with Crippen LogP contribution in [0.15, 0.2) is 18.2 Å². The van der Waals surface area contributed by atoms with E-state index in [1.807, 2.05) is 0 Å². The van der Waals surface area contributed by atoms with E-state index in [0.29, 0.717) is 5.69 Å². The highest BCUT2D eigenvalue weighted by Gasteiger charge is 2.15. The van der Waals surface area contributed by atoms with Crippen LogP contribution in [0.4, 0.5) is 5.69 Å². The average Bonchev–Trinajstić information content (AvgIpc) is 2.36. The van der Waals surface area contributed by atoms with Gasteiger partial charge in [-0.05, 0) is 18.6 Å². The number of phenols is 1. The van der Waals surface area contributed by atoms with Crippen LogP contribution in [-0.2, 0) is 9.59 Å². The van der Waals surface area contributed by atoms with Gasteiger partial charge >= 0.3 is 5.97 Å². The fourth-order valence-electron chi connectivity index (χ4n) is 1.41. The van der Waals surface area contributed by atoms with Gasteiger partial charge in [0.2, 0.25) is 5.91 Å². The summed E-state index contributed by atoms with van der Waals surface area (Å²) in [6.07, 6.45) is -0.133. The molecule has 0 aliphatic carbocycles. The van der Waals surface area contributed by atoms with Gasteiger partial charge in [-0.3, -0.25) is 9.59 Å². The first kappa shape index (κ1) is 14.8. The minimum atomic E-state index is -1.01. The summed E-state index contributed by atoms with van der Waals surface area (Å²) in [5.41, 5.74) is 5.90. The van der Waals surface area contributed by atoms with E-state index in [1.54, 1.807) is 6.07 Å². The van der Waals surface area contributed by atoms with Crippen LogP contribution in [-0.4, -0.2) is 35.2 Å². The molecule has 104 valence electrons. The first-order valence-electron chi connectivity index (χ1n) is 5.59. The number of rotatable bonds is 6. The Hall–Kier alpha value is -2.28. The first-order valence-corrected chi connectivity index (χ1v) is 5.59. The largest absolute Gasteiger partial charge is 0.504 e. The van der Waals surface area contributed by atoms with E-state index in [1.165, 1.54) is 19.2 Å². The molecule has 1 rings (SSSR count). The molecule has 0 aromatic heterocycles. The lowest BCUT2D eigenvalue weighted by atomic mass is 10.1. The third kappa shape index (κ3) is 4.47. The second kappa shape index (κ2) is 6.60. The number of carboxylic acid groups (broad SMARTS) is 1. The van der Waals surface area contributed by atoms with Gasteiger partial charge in [0.1, 0.15) is 0 Å². The van der Waals surface area contributed by atoms with Crippen LogP contribution in [0.25, 0.3) is 0 Å². The summed E-state index contributed by atoms with van der Waals surface area (Å²) >= 11 is 0. The first-order chi connectivity index (χ1) is 8.93. The van der Waals surface area contributed by atoms with Crippen molar-refractivity contribution < 1.29 is 24.5 Å². The maximum Gasteiger partial charge on any atom is 0.303 e. The van der Waals surface area contributed by atoms with Crippen molar-refractivity contribution >= 4 is 17.6 Å². The predicted molar refractivity (Wildman–Crippen MR) is 68.1 cm³/mol. The van der Waals surface area contributed by atoms with Crippen LogP contribution in [0.3, 0.4) is 0 Å². The van der Waals surface area contributed by atoms with Crippen molar-refractivity contribution in [2.45, 2.75) is 18.9 Å². The van der Waals surface area contributed by atoms with Crippen LogP contribution in [0.1, 0.15) is 12.8 Å². The van der Waals surface area contributed by atoms with Gasteiger partial charge in [-0.2, -0.15) is 0 Å². The fraction of sp³-hybridized carbons (Fsp3) is 0.333. The average molecular weight is 268 g/mol. The summed E-state index contributed by atoms with van der Waals surface area (Å²) in [6, 6.07) is 3.44. The number of hydrogen-bond donors (Lipinski definition) is 4. The smallest absolute Gasteiger partial charge is 0.303 e. The molecule has 1 atom stereocenters. The number of benzene rings is 1. The van der Waals surface area contributed by atoms with Crippen LogP contribution in [0, 0.1) is 0 Å². The minimum Gasteiger partial charge on any atom is -0.504 e. The van der Waals surface area contributed by atoms with Crippen LogP contribution in [0.2, 0.25) is 0 Å². The number of aliphatic carboxylic acids is 1. The summed E-state index contributed by atoms with van der Waals surface area (Å²) in [4.78, 5) is 22.0. The Balaban J connectivity index is 2.61. The third-order valence-corrected chi connectivity index (χ3v) is 2.45. The number of nitrogens with one attached hydrogen (secondary N) is 1. The molecule has 1 unspecified atom stereocenters. The number of methoxy groups -OCH3 is 1. The van der Waals surface area contributed by atoms with Gasteiger partial charge in [-0.1, -0.05) is 0 Å². The monoisotopic (exact) mass is 268 g/mol. The number of carbonyl (C=O) groups excluding carboxylic acids is 1. The number of aromatic hydroxyl groups is 1. The Kier molecular flexibility index (Phi) is 5.13. The van der Waals surface area contributed by atoms with E-state index >= 15 is 0 Å². The van der Waals surface area contributed by atoms with E-state index in [0.717, 1.165) is 0 Å². The lowest BCUT2D eigenvalue weighted by molar-refractivity contribution is -0.137. The van der Waals surface area contributed by atoms with E-state index in [2.05, 4.69) is 5.32 Å². The van der Waals surface area contributed by atoms with Gasteiger partial charge < -0.3 is 26.0 Å². The molecule has 0 radical (unpaired) electrons. The molecular weight excluding hydrogens is 252 g/mol. The lowest BCUT2D eigenvalue weighted by Gasteiger charge is -2.12. The summed E-state index contributed by atoms with van der Waals surface area (Å²) < 4.78 is 4.86. The molecule has 7 nitrogen and oxygen atoms in total. The number of phenolic OH excluding ortho intramolecular Hbond substituents is 1. The molecule has 7 heteroatoms. The molecule has 5 N–H and O–H groups in total. The fourth-order valence-corrected chi connectivity index (χ4v) is 1.41. The topological polar surface area (TPSA) is 122 Å². The molecule has 0 aliphatic rings. The Morgan fingerprint density at radius 1 is 1.47 bits per heavy atom. The predicted octanol–water partition coefficient (Wildman–Crippen LogP) is 0.531. The molecule has 19 heavy (non-hydrogen) atoms. The standard InChI is InChI=1S/C12H16N2O5/c1-19-10-4-2-7(6-9(10)15)14-12(18)8(13)3-5-11(16)17/h2,4,6,8,15H,3,5,13H2,1H3,(H,14,18)(H,16,17). The molecule has 1 amide bonds. The summed E-state index contributed by atoms with van der Waals surface area (Å²) in [5.74, 6) is -1.34. The molecule has 0 saturated carbocycles. The number of hydrogen-bond acceptors (Lipinski definition) is 5. The van der Waals surface area contributed by atoms with E-state index < -0.39 is 17.9 Å². The van der Waals surface area contributed by atoms with Crippen LogP contribution >= 0.6 is 0 Å². The van der Waals surface area contributed by atoms with E-state index in [9.17, 15) is 14.7 Å². The Labute approximate surface area is 110 Å². The second-order valence-corrected chi connectivity index (χ2v) is 3.91. The van der Waals surface area contributed by atoms with Gasteiger partial charge in [-0.25, -0.2) is 0 Å². The zero-order valence-corrected chi connectivity index (χ0v) is 10.4. The quantitative estimate of drug-likeness (QED) is 0.597. The highest BCUT2D eigenvalue weighted by molar-refractivity contribution is 5.95. The second-order valence-electron chi connectivity index (χ2n) is 3.91. The summed E-state index contributed by atoms with van der Waals surface area (Å²) in [7, 11) is 1.41. The van der Waals surface area contributed by atoms with Crippen molar-refractivity contribution in [3.63, 3.8) is 0 Å². The zero-order chi connectivity index (χ0) is 14.4. The molecule has 1 aromatic rings. The van der Waals surface area contributed by atoms with Crippen molar-refractivity contribution in [2.75, 3.05) is 12.4 Å². The molecule has 0 fully saturated rings. The van der Waals surface area contributed by atoms with Gasteiger partial charge in [0.15, 0.2) is 11.5 Å². The van der Waals surface area contributed by atoms with Crippen molar-refractivity contribution in [2.24, 2.45) is 5.73 Å². The zero-order valence-electron chi connectivity index (χ0n) is 10.4. The maximum atomic E-state index is 11.6. The van der Waals surface area contributed by atoms with Crippen LogP contribution < -0.4 is 15.8 Å². The molecule has 0 heterocycles. The minimum absolute atomic E-state index is 0.0449. The van der Waals surface area contributed by atoms with Crippen molar-refractivity contribution in [3.05, 3.63) is 18.2 Å². The van der Waals surface area contributed by atoms with Gasteiger partial charge in [0, 0.05) is 18.2 Å². The normalized spacial score (nSPS) is 11.7. The molecular formula is C12H16N2O5. The number of nitrogens with two attached hydrogens (primary N) is 1. The Bertz CT molecular complexity index is 475. The van der Waals surface area contributed by atoms with Gasteiger partial charge in [0.25, 0.3) is 0 Å². The lowest BCUT2D eigenvalue weighted by Crippen LogP contribution is -2.36. The summed E-state index contributed by atoms with van der Waals surface area (Å²) in [6.45, 7) is 0. The molecule has 1 aromatic carbocycles. The number of ether oxygens (including phenoxy) is 1.